The molecule has 0 spiro atoms. The molecule has 1 aliphatic carbocycles. The fourth-order valence-electron chi connectivity index (χ4n) is 3.49. The summed E-state index contributed by atoms with van der Waals surface area (Å²) in [6.45, 7) is 3.20. The molecule has 1 aromatic rings. The van der Waals surface area contributed by atoms with Crippen LogP contribution in [0.1, 0.15) is 57.1 Å². The highest BCUT2D eigenvalue weighted by Crippen LogP contribution is 2.34. The van der Waals surface area contributed by atoms with Crippen LogP contribution in [0.25, 0.3) is 0 Å². The van der Waals surface area contributed by atoms with Crippen LogP contribution in [0.5, 0.6) is 0 Å². The van der Waals surface area contributed by atoms with Gasteiger partial charge in [0.15, 0.2) is 0 Å². The van der Waals surface area contributed by atoms with E-state index in [1.54, 1.807) is 0 Å². The summed E-state index contributed by atoms with van der Waals surface area (Å²) in [7, 11) is 1.85. The van der Waals surface area contributed by atoms with Crippen LogP contribution in [0.3, 0.4) is 0 Å². The van der Waals surface area contributed by atoms with Gasteiger partial charge in [0.25, 0.3) is 0 Å². The number of methoxy groups -OCH3 is 1. The number of rotatable bonds is 7. The second-order valence-corrected chi connectivity index (χ2v) is 6.52. The molecule has 0 heterocycles. The molecular weight excluding hydrogens is 282 g/mol. The lowest BCUT2D eigenvalue weighted by Gasteiger charge is -2.35. The monoisotopic (exact) mass is 309 g/mol. The Bertz CT molecular complexity index is 417. The minimum Gasteiger partial charge on any atom is -0.379 e. The summed E-state index contributed by atoms with van der Waals surface area (Å²) in [6.07, 6.45) is 7.96. The van der Waals surface area contributed by atoms with E-state index in [9.17, 15) is 0 Å². The largest absolute Gasteiger partial charge is 0.379 e. The SMILES string of the molecule is CCCNC(c1cccc(Cl)c1)C(OC)C1CCCCC1. The van der Waals surface area contributed by atoms with Crippen molar-refractivity contribution >= 4 is 11.6 Å². The molecule has 21 heavy (non-hydrogen) atoms. The Balaban J connectivity index is 2.19. The molecule has 2 unspecified atom stereocenters. The van der Waals surface area contributed by atoms with E-state index in [4.69, 9.17) is 16.3 Å². The van der Waals surface area contributed by atoms with E-state index < -0.39 is 0 Å². The second kappa shape index (κ2) is 8.77. The van der Waals surface area contributed by atoms with Gasteiger partial charge in [-0.1, -0.05) is 49.9 Å². The summed E-state index contributed by atoms with van der Waals surface area (Å²) in [6, 6.07) is 8.44. The molecule has 0 aliphatic heterocycles. The molecule has 1 fully saturated rings. The highest BCUT2D eigenvalue weighted by molar-refractivity contribution is 6.30. The van der Waals surface area contributed by atoms with Crippen molar-refractivity contribution in [2.24, 2.45) is 5.92 Å². The molecule has 3 heteroatoms. The highest BCUT2D eigenvalue weighted by atomic mass is 35.5. The summed E-state index contributed by atoms with van der Waals surface area (Å²) >= 11 is 6.19. The Kier molecular flexibility index (Phi) is 7.01. The molecule has 1 saturated carbocycles. The maximum Gasteiger partial charge on any atom is 0.0794 e. The van der Waals surface area contributed by atoms with Crippen LogP contribution in [-0.4, -0.2) is 19.8 Å². The van der Waals surface area contributed by atoms with Gasteiger partial charge < -0.3 is 10.1 Å². The third-order valence-electron chi connectivity index (χ3n) is 4.54. The van der Waals surface area contributed by atoms with Gasteiger partial charge in [0, 0.05) is 12.1 Å². The van der Waals surface area contributed by atoms with Gasteiger partial charge in [-0.25, -0.2) is 0 Å². The lowest BCUT2D eigenvalue weighted by Crippen LogP contribution is -2.39. The summed E-state index contributed by atoms with van der Waals surface area (Å²) in [5, 5.41) is 4.48. The van der Waals surface area contributed by atoms with Crippen molar-refractivity contribution in [3.05, 3.63) is 34.9 Å². The molecular formula is C18H28ClNO. The number of hydrogen-bond acceptors (Lipinski definition) is 2. The first-order valence-electron chi connectivity index (χ1n) is 8.28. The molecule has 1 aromatic carbocycles. The Morgan fingerprint density at radius 1 is 1.29 bits per heavy atom. The standard InChI is InChI=1S/C18H28ClNO/c1-3-12-20-17(15-10-7-11-16(19)13-15)18(21-2)14-8-5-4-6-9-14/h7,10-11,13-14,17-18,20H,3-6,8-9,12H2,1-2H3. The number of benzene rings is 1. The Hall–Kier alpha value is -0.570. The number of halogens is 1. The summed E-state index contributed by atoms with van der Waals surface area (Å²) in [4.78, 5) is 0. The lowest BCUT2D eigenvalue weighted by molar-refractivity contribution is 0.00757. The van der Waals surface area contributed by atoms with Crippen molar-refractivity contribution in [2.75, 3.05) is 13.7 Å². The van der Waals surface area contributed by atoms with Crippen LogP contribution in [0, 0.1) is 5.92 Å². The van der Waals surface area contributed by atoms with Crippen LogP contribution < -0.4 is 5.32 Å². The van der Waals surface area contributed by atoms with Crippen LogP contribution in [0.15, 0.2) is 24.3 Å². The van der Waals surface area contributed by atoms with Crippen LogP contribution in [-0.2, 0) is 4.74 Å². The maximum absolute atomic E-state index is 6.19. The zero-order valence-corrected chi connectivity index (χ0v) is 14.0. The minimum absolute atomic E-state index is 0.232. The molecule has 118 valence electrons. The van der Waals surface area contributed by atoms with Crippen molar-refractivity contribution in [2.45, 2.75) is 57.6 Å². The molecule has 1 N–H and O–H groups in total. The molecule has 0 amide bonds. The highest BCUT2D eigenvalue weighted by Gasteiger charge is 2.31. The van der Waals surface area contributed by atoms with Crippen molar-refractivity contribution in [3.63, 3.8) is 0 Å². The lowest BCUT2D eigenvalue weighted by atomic mass is 9.81. The van der Waals surface area contributed by atoms with E-state index >= 15 is 0 Å². The summed E-state index contributed by atoms with van der Waals surface area (Å²) in [5.41, 5.74) is 1.24. The topological polar surface area (TPSA) is 21.3 Å². The third-order valence-corrected chi connectivity index (χ3v) is 4.77. The molecule has 0 saturated heterocycles. The van der Waals surface area contributed by atoms with Crippen molar-refractivity contribution in [1.82, 2.24) is 5.32 Å². The van der Waals surface area contributed by atoms with E-state index in [2.05, 4.69) is 24.4 Å². The smallest absolute Gasteiger partial charge is 0.0794 e. The molecule has 0 bridgehead atoms. The first kappa shape index (κ1) is 16.8. The number of ether oxygens (including phenoxy) is 1. The van der Waals surface area contributed by atoms with Gasteiger partial charge in [-0.3, -0.25) is 0 Å². The van der Waals surface area contributed by atoms with Gasteiger partial charge in [-0.05, 0) is 49.4 Å². The van der Waals surface area contributed by atoms with Gasteiger partial charge in [-0.2, -0.15) is 0 Å². The quantitative estimate of drug-likeness (QED) is 0.767. The van der Waals surface area contributed by atoms with Gasteiger partial charge >= 0.3 is 0 Å². The van der Waals surface area contributed by atoms with E-state index in [0.717, 1.165) is 18.0 Å². The fourth-order valence-corrected chi connectivity index (χ4v) is 3.69. The van der Waals surface area contributed by atoms with E-state index in [1.807, 2.05) is 19.2 Å². The van der Waals surface area contributed by atoms with E-state index in [-0.39, 0.29) is 12.1 Å². The number of hydrogen-bond donors (Lipinski definition) is 1. The molecule has 0 aromatic heterocycles. The zero-order valence-electron chi connectivity index (χ0n) is 13.3. The average molecular weight is 310 g/mol. The van der Waals surface area contributed by atoms with Crippen molar-refractivity contribution < 1.29 is 4.74 Å². The zero-order chi connectivity index (χ0) is 15.1. The predicted octanol–water partition coefficient (Wildman–Crippen LogP) is 4.98. The van der Waals surface area contributed by atoms with Crippen molar-refractivity contribution in [1.29, 1.82) is 0 Å². The molecule has 2 atom stereocenters. The Morgan fingerprint density at radius 3 is 2.67 bits per heavy atom. The van der Waals surface area contributed by atoms with Crippen molar-refractivity contribution in [3.8, 4) is 0 Å². The van der Waals surface area contributed by atoms with E-state index in [0.29, 0.717) is 5.92 Å². The fraction of sp³-hybridized carbons (Fsp3) is 0.667. The van der Waals surface area contributed by atoms with Gasteiger partial charge in [0.1, 0.15) is 0 Å². The van der Waals surface area contributed by atoms with Crippen LogP contribution >= 0.6 is 11.6 Å². The molecule has 0 radical (unpaired) electrons. The number of nitrogens with one attached hydrogen (secondary N) is 1. The Morgan fingerprint density at radius 2 is 2.05 bits per heavy atom. The average Bonchev–Trinajstić information content (AvgIpc) is 2.52. The molecule has 2 nitrogen and oxygen atoms in total. The first-order chi connectivity index (χ1) is 10.3. The molecule has 2 rings (SSSR count). The second-order valence-electron chi connectivity index (χ2n) is 6.09. The van der Waals surface area contributed by atoms with Gasteiger partial charge in [0.05, 0.1) is 12.1 Å². The molecule has 1 aliphatic rings. The van der Waals surface area contributed by atoms with Gasteiger partial charge in [-0.15, -0.1) is 0 Å². The predicted molar refractivity (Wildman–Crippen MR) is 89.9 cm³/mol. The third kappa shape index (κ3) is 4.70. The van der Waals surface area contributed by atoms with Gasteiger partial charge in [0.2, 0.25) is 0 Å². The van der Waals surface area contributed by atoms with Crippen LogP contribution in [0.4, 0.5) is 0 Å². The van der Waals surface area contributed by atoms with E-state index in [1.165, 1.54) is 37.7 Å². The van der Waals surface area contributed by atoms with Crippen LogP contribution in [0.2, 0.25) is 5.02 Å². The Labute approximate surface area is 134 Å². The normalized spacial score (nSPS) is 19.4. The summed E-state index contributed by atoms with van der Waals surface area (Å²) in [5.74, 6) is 0.650. The first-order valence-corrected chi connectivity index (χ1v) is 8.65. The maximum atomic E-state index is 6.19. The summed E-state index contributed by atoms with van der Waals surface area (Å²) < 4.78 is 5.94. The minimum atomic E-state index is 0.232.